The zero-order valence-electron chi connectivity index (χ0n) is 37.0. The summed E-state index contributed by atoms with van der Waals surface area (Å²) in [5.74, 6) is 0.103. The molecule has 1 aliphatic carbocycles. The van der Waals surface area contributed by atoms with Crippen molar-refractivity contribution in [2.45, 2.75) is 17.8 Å². The molecule has 10 aromatic rings. The zero-order chi connectivity index (χ0) is 44.7. The fourth-order valence-electron chi connectivity index (χ4n) is 11.3. The van der Waals surface area contributed by atoms with Crippen molar-refractivity contribution in [1.82, 2.24) is 4.57 Å². The molecule has 320 valence electrons. The number of para-hydroxylation sites is 5. The number of aromatic nitrogens is 1. The first-order valence-electron chi connectivity index (χ1n) is 23.0. The van der Waals surface area contributed by atoms with Crippen molar-refractivity contribution in [3.63, 3.8) is 0 Å². The molecule has 2 aliphatic heterocycles. The van der Waals surface area contributed by atoms with Gasteiger partial charge in [0.2, 0.25) is 0 Å². The van der Waals surface area contributed by atoms with Crippen molar-refractivity contribution in [1.29, 1.82) is 0 Å². The van der Waals surface area contributed by atoms with Gasteiger partial charge in [-0.05, 0) is 98.6 Å². The minimum atomic E-state index is -2.55. The quantitative estimate of drug-likeness (QED) is 0.122. The highest BCUT2D eigenvalue weighted by atomic mass is 31.2. The SMILES string of the molecule is C[P+](N)(ON(c1ccccc1)c1ccccc1)c1ccc(-c2ccc(C3=NC4=C(c5ccccc5C45c4ccccc4-n4c6ccccc6c6cccc5c64)C(c4ccccc4)C3)cc2)cc1. The second-order valence-electron chi connectivity index (χ2n) is 18.0. The summed E-state index contributed by atoms with van der Waals surface area (Å²) in [5.41, 5.74) is 25.4. The van der Waals surface area contributed by atoms with Gasteiger partial charge < -0.3 is 4.57 Å². The third kappa shape index (κ3) is 6.09. The number of hydrogen-bond donors (Lipinski definition) is 1. The topological polar surface area (TPSA) is 55.8 Å². The average Bonchev–Trinajstić information content (AvgIpc) is 3.89. The smallest absolute Gasteiger partial charge is 0.273 e. The fraction of sp³-hybridized carbons (Fsp3) is 0.0656. The minimum absolute atomic E-state index is 0.103. The van der Waals surface area contributed by atoms with Gasteiger partial charge in [-0.25, -0.2) is 0 Å². The number of fused-ring (bicyclic) bond motifs is 11. The van der Waals surface area contributed by atoms with Crippen LogP contribution in [0.5, 0.6) is 0 Å². The van der Waals surface area contributed by atoms with Crippen LogP contribution in [0.15, 0.2) is 241 Å². The van der Waals surface area contributed by atoms with Gasteiger partial charge in [-0.3, -0.25) is 4.99 Å². The number of hydrogen-bond acceptors (Lipinski definition) is 4. The number of benzene rings is 9. The summed E-state index contributed by atoms with van der Waals surface area (Å²) in [4.78, 5) is 5.96. The van der Waals surface area contributed by atoms with E-state index in [9.17, 15) is 0 Å². The average molecular weight is 882 g/mol. The molecule has 2 N–H and O–H groups in total. The van der Waals surface area contributed by atoms with Gasteiger partial charge in [-0.2, -0.15) is 10.6 Å². The van der Waals surface area contributed by atoms with Crippen molar-refractivity contribution >= 4 is 57.4 Å². The van der Waals surface area contributed by atoms with Crippen LogP contribution in [0.3, 0.4) is 0 Å². The standard InChI is InChI=1S/C61H46N4OP/c1-67(62,66-65(45-20-7-3-8-21-45)46-22-9-4-10-23-46)47-38-36-42(37-39-47)41-32-34-44(35-33-41)55-40-51(43-18-5-2-6-19-43)58-50-25-11-13-27-52(50)61(60(58)63-55)53-28-14-16-31-57(53)64-56-30-15-12-24-48(56)49-26-17-29-54(61)59(49)64/h2-39,51H,40,62H2,1H3/q+1. The molecule has 1 spiro atoms. The fourth-order valence-corrected chi connectivity index (χ4v) is 12.6. The van der Waals surface area contributed by atoms with Gasteiger partial charge in [-0.15, -0.1) is 0 Å². The molecule has 0 bridgehead atoms. The van der Waals surface area contributed by atoms with E-state index in [0.29, 0.717) is 0 Å². The molecule has 0 saturated carbocycles. The first-order chi connectivity index (χ1) is 33.0. The van der Waals surface area contributed by atoms with Gasteiger partial charge in [0.15, 0.2) is 0 Å². The van der Waals surface area contributed by atoms with Crippen LogP contribution in [-0.4, -0.2) is 16.9 Å². The molecule has 0 amide bonds. The van der Waals surface area contributed by atoms with Gasteiger partial charge in [0.1, 0.15) is 5.30 Å². The van der Waals surface area contributed by atoms with Crippen LogP contribution >= 0.6 is 7.64 Å². The lowest BCUT2D eigenvalue weighted by atomic mass is 9.66. The number of aliphatic imine (C=N–C) groups is 1. The van der Waals surface area contributed by atoms with Crippen LogP contribution in [0.4, 0.5) is 11.4 Å². The van der Waals surface area contributed by atoms with E-state index in [-0.39, 0.29) is 5.92 Å². The summed E-state index contributed by atoms with van der Waals surface area (Å²) in [6, 6.07) is 82.8. The maximum Gasteiger partial charge on any atom is 0.273 e. The predicted molar refractivity (Wildman–Crippen MR) is 279 cm³/mol. The summed E-state index contributed by atoms with van der Waals surface area (Å²) in [7, 11) is -2.55. The molecule has 1 aromatic heterocycles. The lowest BCUT2D eigenvalue weighted by Gasteiger charge is -2.40. The Morgan fingerprint density at radius 2 is 1.10 bits per heavy atom. The third-order valence-electron chi connectivity index (χ3n) is 14.2. The van der Waals surface area contributed by atoms with Crippen LogP contribution in [0.1, 0.15) is 45.7 Å². The molecule has 3 unspecified atom stereocenters. The van der Waals surface area contributed by atoms with E-state index in [2.05, 4.69) is 174 Å². The van der Waals surface area contributed by atoms with E-state index in [1.54, 1.807) is 0 Å². The van der Waals surface area contributed by atoms with E-state index in [1.807, 2.05) is 72.4 Å². The maximum atomic E-state index is 7.09. The summed E-state index contributed by atoms with van der Waals surface area (Å²) in [6.45, 7) is 2.02. The molecule has 9 aromatic carbocycles. The number of rotatable bonds is 8. The third-order valence-corrected chi connectivity index (χ3v) is 16.1. The molecule has 67 heavy (non-hydrogen) atoms. The first kappa shape index (κ1) is 39.7. The summed E-state index contributed by atoms with van der Waals surface area (Å²) >= 11 is 0. The Morgan fingerprint density at radius 1 is 0.552 bits per heavy atom. The Hall–Kier alpha value is -7.66. The van der Waals surface area contributed by atoms with Crippen molar-refractivity contribution in [3.8, 4) is 16.8 Å². The Morgan fingerprint density at radius 3 is 1.82 bits per heavy atom. The van der Waals surface area contributed by atoms with Crippen LogP contribution in [0.25, 0.3) is 44.2 Å². The van der Waals surface area contributed by atoms with Crippen molar-refractivity contribution in [2.24, 2.45) is 10.5 Å². The van der Waals surface area contributed by atoms with Gasteiger partial charge in [0.05, 0.1) is 45.9 Å². The molecule has 13 rings (SSSR count). The van der Waals surface area contributed by atoms with Crippen LogP contribution < -0.4 is 15.9 Å². The normalized spacial score (nSPS) is 17.8. The van der Waals surface area contributed by atoms with Gasteiger partial charge in [-0.1, -0.05) is 187 Å². The molecule has 0 fully saturated rings. The molecular weight excluding hydrogens is 836 g/mol. The first-order valence-corrected chi connectivity index (χ1v) is 25.3. The molecule has 3 atom stereocenters. The monoisotopic (exact) mass is 881 g/mol. The van der Waals surface area contributed by atoms with Crippen molar-refractivity contribution in [2.75, 3.05) is 11.7 Å². The number of anilines is 2. The Kier molecular flexibility index (Phi) is 9.16. The second kappa shape index (κ2) is 15.5. The highest BCUT2D eigenvalue weighted by Crippen LogP contribution is 2.63. The Balaban J connectivity index is 0.913. The number of nitrogens with zero attached hydrogens (tertiary/aromatic N) is 3. The molecule has 3 heterocycles. The van der Waals surface area contributed by atoms with E-state index >= 15 is 0 Å². The van der Waals surface area contributed by atoms with Gasteiger partial charge in [0, 0.05) is 28.8 Å². The highest BCUT2D eigenvalue weighted by Gasteiger charge is 2.54. The Labute approximate surface area is 391 Å². The molecule has 3 aliphatic rings. The lowest BCUT2D eigenvalue weighted by Crippen LogP contribution is -2.35. The lowest BCUT2D eigenvalue weighted by molar-refractivity contribution is 0.355. The summed E-state index contributed by atoms with van der Waals surface area (Å²) in [5, 5.41) is 5.36. The Bertz CT molecular complexity index is 3560. The van der Waals surface area contributed by atoms with Crippen molar-refractivity contribution in [3.05, 3.63) is 270 Å². The second-order valence-corrected chi connectivity index (χ2v) is 20.7. The summed E-state index contributed by atoms with van der Waals surface area (Å²) in [6.07, 6.45) is 0.787. The molecule has 0 saturated heterocycles. The van der Waals surface area contributed by atoms with Gasteiger partial charge >= 0.3 is 0 Å². The molecule has 5 nitrogen and oxygen atoms in total. The zero-order valence-corrected chi connectivity index (χ0v) is 37.9. The van der Waals surface area contributed by atoms with Crippen LogP contribution in [0.2, 0.25) is 0 Å². The van der Waals surface area contributed by atoms with E-state index in [4.69, 9.17) is 15.1 Å². The predicted octanol–water partition coefficient (Wildman–Crippen LogP) is 14.3. The largest absolute Gasteiger partial charge is 0.309 e. The van der Waals surface area contributed by atoms with Crippen molar-refractivity contribution < 1.29 is 4.62 Å². The number of allylic oxidation sites excluding steroid dienone is 2. The minimum Gasteiger partial charge on any atom is -0.309 e. The number of nitrogens with two attached hydrogens (primary N) is 1. The van der Waals surface area contributed by atoms with E-state index < -0.39 is 13.1 Å². The van der Waals surface area contributed by atoms with E-state index in [0.717, 1.165) is 51.2 Å². The van der Waals surface area contributed by atoms with Crippen LogP contribution in [-0.2, 0) is 10.0 Å². The molecule has 0 radical (unpaired) electrons. The highest BCUT2D eigenvalue weighted by molar-refractivity contribution is 7.75. The van der Waals surface area contributed by atoms with Gasteiger partial charge in [0.25, 0.3) is 7.64 Å². The maximum absolute atomic E-state index is 7.09. The summed E-state index contributed by atoms with van der Waals surface area (Å²) < 4.78 is 9.23. The van der Waals surface area contributed by atoms with Crippen LogP contribution in [0, 0.1) is 0 Å². The molecule has 6 heteroatoms. The molecular formula is C61H46N4OP+. The van der Waals surface area contributed by atoms with E-state index in [1.165, 1.54) is 60.9 Å².